The molecule has 0 radical (unpaired) electrons. The lowest BCUT2D eigenvalue weighted by Gasteiger charge is -2.18. The molecule has 3 heteroatoms. The van der Waals surface area contributed by atoms with E-state index >= 15 is 0 Å². The highest BCUT2D eigenvalue weighted by Gasteiger charge is 2.16. The lowest BCUT2D eigenvalue weighted by molar-refractivity contribution is -0.173. The van der Waals surface area contributed by atoms with Gasteiger partial charge >= 0.3 is 0 Å². The molecule has 0 bridgehead atoms. The normalized spacial score (nSPS) is 12.2. The second-order valence-electron chi connectivity index (χ2n) is 3.14. The molecule has 0 rings (SSSR count). The molecule has 0 aliphatic heterocycles. The van der Waals surface area contributed by atoms with Crippen molar-refractivity contribution in [1.82, 2.24) is 5.06 Å². The van der Waals surface area contributed by atoms with Crippen LogP contribution in [0.1, 0.15) is 26.2 Å². The van der Waals surface area contributed by atoms with Crippen molar-refractivity contribution in [2.75, 3.05) is 14.2 Å². The molecular weight excluding hydrogens is 166 g/mol. The summed E-state index contributed by atoms with van der Waals surface area (Å²) in [6.07, 6.45) is 4.73. The van der Waals surface area contributed by atoms with E-state index in [0.29, 0.717) is 0 Å². The number of unbranched alkanes of at least 4 members (excludes halogenated alkanes) is 1. The molecule has 0 fully saturated rings. The van der Waals surface area contributed by atoms with Gasteiger partial charge in [-0.1, -0.05) is 13.0 Å². The summed E-state index contributed by atoms with van der Waals surface area (Å²) in [6.45, 7) is 5.55. The second-order valence-corrected chi connectivity index (χ2v) is 3.14. The average Bonchev–Trinajstić information content (AvgIpc) is 2.15. The number of amides is 1. The van der Waals surface area contributed by atoms with Crippen LogP contribution in [0.4, 0.5) is 0 Å². The highest BCUT2D eigenvalue weighted by molar-refractivity contribution is 5.77. The van der Waals surface area contributed by atoms with Gasteiger partial charge in [0.25, 0.3) is 0 Å². The Kier molecular flexibility index (Phi) is 6.24. The summed E-state index contributed by atoms with van der Waals surface area (Å²) in [6, 6.07) is 0. The number of carbonyl (C=O) groups is 1. The molecule has 1 unspecified atom stereocenters. The van der Waals surface area contributed by atoms with Gasteiger partial charge < -0.3 is 0 Å². The third-order valence-electron chi connectivity index (χ3n) is 2.05. The zero-order valence-corrected chi connectivity index (χ0v) is 8.75. The first-order valence-electron chi connectivity index (χ1n) is 4.56. The quantitative estimate of drug-likeness (QED) is 0.360. The zero-order chi connectivity index (χ0) is 10.3. The fourth-order valence-electron chi connectivity index (χ4n) is 1.09. The van der Waals surface area contributed by atoms with Gasteiger partial charge in [-0.3, -0.25) is 9.63 Å². The molecule has 3 nitrogen and oxygen atoms in total. The van der Waals surface area contributed by atoms with Crippen molar-refractivity contribution in [1.29, 1.82) is 0 Å². The highest BCUT2D eigenvalue weighted by atomic mass is 16.7. The number of hydrogen-bond acceptors (Lipinski definition) is 2. The van der Waals surface area contributed by atoms with E-state index < -0.39 is 0 Å². The molecule has 0 aliphatic rings. The van der Waals surface area contributed by atoms with Gasteiger partial charge in [0.2, 0.25) is 5.91 Å². The molecule has 0 aromatic carbocycles. The number of allylic oxidation sites excluding steroid dienone is 1. The maximum absolute atomic E-state index is 11.4. The van der Waals surface area contributed by atoms with Gasteiger partial charge in [-0.25, -0.2) is 5.06 Å². The van der Waals surface area contributed by atoms with E-state index in [-0.39, 0.29) is 11.8 Å². The molecule has 0 saturated heterocycles. The molecule has 0 spiro atoms. The van der Waals surface area contributed by atoms with Crippen LogP contribution in [0.2, 0.25) is 0 Å². The predicted molar refractivity (Wildman–Crippen MR) is 53.0 cm³/mol. The van der Waals surface area contributed by atoms with Crippen molar-refractivity contribution < 1.29 is 9.63 Å². The number of carbonyl (C=O) groups excluding carboxylic acids is 1. The van der Waals surface area contributed by atoms with E-state index in [1.807, 2.05) is 13.0 Å². The Morgan fingerprint density at radius 2 is 2.31 bits per heavy atom. The van der Waals surface area contributed by atoms with E-state index in [1.54, 1.807) is 7.05 Å². The lowest BCUT2D eigenvalue weighted by atomic mass is 10.0. The number of hydroxylamine groups is 2. The molecule has 13 heavy (non-hydrogen) atoms. The molecule has 0 aromatic heterocycles. The number of nitrogens with zero attached hydrogens (tertiary/aromatic N) is 1. The molecule has 1 atom stereocenters. The molecular formula is C10H19NO2. The Hall–Kier alpha value is -0.830. The summed E-state index contributed by atoms with van der Waals surface area (Å²) in [5.74, 6) is 0.0662. The summed E-state index contributed by atoms with van der Waals surface area (Å²) >= 11 is 0. The van der Waals surface area contributed by atoms with Gasteiger partial charge in [0, 0.05) is 13.0 Å². The van der Waals surface area contributed by atoms with Crippen molar-refractivity contribution in [3.05, 3.63) is 12.7 Å². The molecule has 76 valence electrons. The van der Waals surface area contributed by atoms with E-state index in [0.717, 1.165) is 19.3 Å². The smallest absolute Gasteiger partial charge is 0.248 e. The van der Waals surface area contributed by atoms with Crippen LogP contribution in [0.25, 0.3) is 0 Å². The monoisotopic (exact) mass is 185 g/mol. The fraction of sp³-hybridized carbons (Fsp3) is 0.700. The van der Waals surface area contributed by atoms with Crippen molar-refractivity contribution >= 4 is 5.91 Å². The zero-order valence-electron chi connectivity index (χ0n) is 8.75. The third-order valence-corrected chi connectivity index (χ3v) is 2.05. The van der Waals surface area contributed by atoms with Crippen LogP contribution in [0.15, 0.2) is 12.7 Å². The van der Waals surface area contributed by atoms with Gasteiger partial charge in [-0.05, 0) is 19.3 Å². The minimum atomic E-state index is 0.0323. The Morgan fingerprint density at radius 1 is 1.69 bits per heavy atom. The van der Waals surface area contributed by atoms with Gasteiger partial charge in [-0.15, -0.1) is 6.58 Å². The lowest BCUT2D eigenvalue weighted by Crippen LogP contribution is -2.30. The first kappa shape index (κ1) is 12.2. The minimum Gasteiger partial charge on any atom is -0.275 e. The Morgan fingerprint density at radius 3 is 2.77 bits per heavy atom. The van der Waals surface area contributed by atoms with Gasteiger partial charge in [0.15, 0.2) is 0 Å². The predicted octanol–water partition coefficient (Wildman–Crippen LogP) is 2.00. The van der Waals surface area contributed by atoms with Crippen LogP contribution in [-0.4, -0.2) is 25.1 Å². The summed E-state index contributed by atoms with van der Waals surface area (Å²) < 4.78 is 0. The van der Waals surface area contributed by atoms with Crippen LogP contribution in [0, 0.1) is 5.92 Å². The minimum absolute atomic E-state index is 0.0323. The molecule has 0 saturated carbocycles. The average molecular weight is 185 g/mol. The van der Waals surface area contributed by atoms with E-state index in [9.17, 15) is 4.79 Å². The van der Waals surface area contributed by atoms with Crippen LogP contribution >= 0.6 is 0 Å². The third kappa shape index (κ3) is 4.68. The molecule has 1 amide bonds. The number of hydrogen-bond donors (Lipinski definition) is 0. The van der Waals surface area contributed by atoms with Crippen LogP contribution < -0.4 is 0 Å². The van der Waals surface area contributed by atoms with Crippen molar-refractivity contribution in [3.63, 3.8) is 0 Å². The Bertz CT molecular complexity index is 168. The first-order valence-corrected chi connectivity index (χ1v) is 4.56. The second kappa shape index (κ2) is 6.66. The van der Waals surface area contributed by atoms with E-state index in [2.05, 4.69) is 6.58 Å². The van der Waals surface area contributed by atoms with Crippen LogP contribution in [-0.2, 0) is 9.63 Å². The molecule has 0 heterocycles. The maximum Gasteiger partial charge on any atom is 0.248 e. The van der Waals surface area contributed by atoms with Gasteiger partial charge in [0.05, 0.1) is 7.11 Å². The standard InChI is InChI=1S/C10H19NO2/c1-5-6-7-8-9(2)10(12)11(3)13-4/h5,9H,1,6-8H2,2-4H3. The van der Waals surface area contributed by atoms with Crippen molar-refractivity contribution in [2.45, 2.75) is 26.2 Å². The Labute approximate surface area is 80.3 Å². The van der Waals surface area contributed by atoms with E-state index in [4.69, 9.17) is 4.84 Å². The van der Waals surface area contributed by atoms with Crippen LogP contribution in [0.5, 0.6) is 0 Å². The van der Waals surface area contributed by atoms with Crippen molar-refractivity contribution in [2.24, 2.45) is 5.92 Å². The topological polar surface area (TPSA) is 29.5 Å². The SMILES string of the molecule is C=CCCCC(C)C(=O)N(C)OC. The van der Waals surface area contributed by atoms with Crippen molar-refractivity contribution in [3.8, 4) is 0 Å². The first-order chi connectivity index (χ1) is 6.13. The largest absolute Gasteiger partial charge is 0.275 e. The molecule has 0 aliphatic carbocycles. The van der Waals surface area contributed by atoms with E-state index in [1.165, 1.54) is 12.2 Å². The summed E-state index contributed by atoms with van der Waals surface area (Å²) in [4.78, 5) is 16.2. The van der Waals surface area contributed by atoms with Gasteiger partial charge in [0.1, 0.15) is 0 Å². The highest BCUT2D eigenvalue weighted by Crippen LogP contribution is 2.10. The van der Waals surface area contributed by atoms with Crippen LogP contribution in [0.3, 0.4) is 0 Å². The Balaban J connectivity index is 3.75. The summed E-state index contributed by atoms with van der Waals surface area (Å²) in [5, 5.41) is 1.28. The molecule has 0 N–H and O–H groups in total. The fourth-order valence-corrected chi connectivity index (χ4v) is 1.09. The molecule has 0 aromatic rings. The summed E-state index contributed by atoms with van der Waals surface area (Å²) in [7, 11) is 3.13. The maximum atomic E-state index is 11.4. The number of rotatable bonds is 6. The van der Waals surface area contributed by atoms with Gasteiger partial charge in [-0.2, -0.15) is 0 Å². The summed E-state index contributed by atoms with van der Waals surface area (Å²) in [5.41, 5.74) is 0.